The van der Waals surface area contributed by atoms with Gasteiger partial charge in [-0.2, -0.15) is 5.10 Å². The lowest BCUT2D eigenvalue weighted by Crippen LogP contribution is -2.17. The number of thioether (sulfide) groups is 1. The van der Waals surface area contributed by atoms with Crippen molar-refractivity contribution in [3.8, 4) is 16.9 Å². The van der Waals surface area contributed by atoms with E-state index in [-0.39, 0.29) is 11.7 Å². The van der Waals surface area contributed by atoms with Crippen LogP contribution in [-0.2, 0) is 4.79 Å². The number of para-hydroxylation sites is 1. The molecule has 1 aliphatic carbocycles. The van der Waals surface area contributed by atoms with Gasteiger partial charge in [0.2, 0.25) is 11.1 Å². The van der Waals surface area contributed by atoms with E-state index in [4.69, 9.17) is 5.10 Å². The molecule has 0 unspecified atom stereocenters. The predicted octanol–water partition coefficient (Wildman–Crippen LogP) is 5.19. The molecule has 1 saturated carbocycles. The van der Waals surface area contributed by atoms with E-state index in [0.717, 1.165) is 41.2 Å². The molecule has 2 aromatic heterocycles. The van der Waals surface area contributed by atoms with Crippen LogP contribution < -0.4 is 5.32 Å². The summed E-state index contributed by atoms with van der Waals surface area (Å²) in [4.78, 5) is 17.3. The van der Waals surface area contributed by atoms with E-state index in [0.29, 0.717) is 16.9 Å². The van der Waals surface area contributed by atoms with Crippen LogP contribution in [0.5, 0.6) is 0 Å². The lowest BCUT2D eigenvalue weighted by atomic mass is 9.99. The number of hydrogen-bond donors (Lipinski definition) is 2. The van der Waals surface area contributed by atoms with E-state index in [1.54, 1.807) is 4.68 Å². The maximum absolute atomic E-state index is 12.8. The summed E-state index contributed by atoms with van der Waals surface area (Å²) in [6.45, 7) is 6.30. The van der Waals surface area contributed by atoms with Gasteiger partial charge in [0, 0.05) is 17.5 Å². The number of benzene rings is 2. The van der Waals surface area contributed by atoms with Crippen molar-refractivity contribution in [1.29, 1.82) is 0 Å². The Balaban J connectivity index is 1.39. The monoisotopic (exact) mass is 458 g/mol. The molecule has 4 aromatic rings. The summed E-state index contributed by atoms with van der Waals surface area (Å²) in [6.07, 6.45) is 2.32. The molecule has 2 heterocycles. The van der Waals surface area contributed by atoms with Crippen LogP contribution in [0, 0.1) is 20.8 Å². The predicted molar refractivity (Wildman–Crippen MR) is 131 cm³/mol. The summed E-state index contributed by atoms with van der Waals surface area (Å²) >= 11 is 1.33. The summed E-state index contributed by atoms with van der Waals surface area (Å²) < 4.78 is 1.78. The van der Waals surface area contributed by atoms with Crippen LogP contribution in [-0.4, -0.2) is 36.6 Å². The number of carbonyl (C=O) groups is 1. The third kappa shape index (κ3) is 4.71. The Labute approximate surface area is 197 Å². The van der Waals surface area contributed by atoms with Crippen LogP contribution in [0.3, 0.4) is 0 Å². The Morgan fingerprint density at radius 2 is 1.85 bits per heavy atom. The topological polar surface area (TPSA) is 88.5 Å². The van der Waals surface area contributed by atoms with E-state index in [1.807, 2.05) is 36.4 Å². The van der Waals surface area contributed by atoms with Crippen molar-refractivity contribution in [1.82, 2.24) is 25.0 Å². The zero-order valence-corrected chi connectivity index (χ0v) is 19.7. The molecule has 2 aromatic carbocycles. The van der Waals surface area contributed by atoms with E-state index in [9.17, 15) is 4.79 Å². The average Bonchev–Trinajstić information content (AvgIpc) is 3.41. The van der Waals surface area contributed by atoms with Crippen molar-refractivity contribution in [2.75, 3.05) is 11.1 Å². The van der Waals surface area contributed by atoms with Gasteiger partial charge in [-0.05, 0) is 68.5 Å². The Morgan fingerprint density at radius 1 is 1.09 bits per heavy atom. The molecule has 1 amide bonds. The Kier molecular flexibility index (Phi) is 5.76. The fourth-order valence-corrected chi connectivity index (χ4v) is 4.38. The highest BCUT2D eigenvalue weighted by Gasteiger charge is 2.27. The molecule has 168 valence electrons. The lowest BCUT2D eigenvalue weighted by Gasteiger charge is -2.08. The van der Waals surface area contributed by atoms with E-state index < -0.39 is 0 Å². The summed E-state index contributed by atoms with van der Waals surface area (Å²) in [5.74, 6) is 2.16. The molecule has 1 aliphatic rings. The fourth-order valence-electron chi connectivity index (χ4n) is 3.78. The molecule has 0 spiro atoms. The zero-order valence-electron chi connectivity index (χ0n) is 18.9. The number of carbonyl (C=O) groups excluding carboxylic acids is 1. The SMILES string of the molecule is Cc1cc(C)c(-c2cc(NC(=O)CSc3n[nH]c(C4CC4)n3)n(-c3ccccc3)n2)cc1C. The third-order valence-corrected chi connectivity index (χ3v) is 6.72. The van der Waals surface area contributed by atoms with Crippen LogP contribution in [0.15, 0.2) is 53.7 Å². The number of anilines is 1. The van der Waals surface area contributed by atoms with Crippen LogP contribution in [0.2, 0.25) is 0 Å². The number of amides is 1. The molecular weight excluding hydrogens is 432 g/mol. The Bertz CT molecular complexity index is 1310. The van der Waals surface area contributed by atoms with Gasteiger partial charge in [-0.3, -0.25) is 9.89 Å². The molecule has 33 heavy (non-hydrogen) atoms. The summed E-state index contributed by atoms with van der Waals surface area (Å²) in [5.41, 5.74) is 6.39. The van der Waals surface area contributed by atoms with Crippen molar-refractivity contribution >= 4 is 23.5 Å². The molecule has 0 radical (unpaired) electrons. The summed E-state index contributed by atoms with van der Waals surface area (Å²) in [5, 5.41) is 15.7. The van der Waals surface area contributed by atoms with E-state index in [1.165, 1.54) is 22.9 Å². The highest BCUT2D eigenvalue weighted by molar-refractivity contribution is 7.99. The number of rotatable bonds is 7. The number of aryl methyl sites for hydroxylation is 3. The highest BCUT2D eigenvalue weighted by Crippen LogP contribution is 2.38. The largest absolute Gasteiger partial charge is 0.310 e. The number of aromatic nitrogens is 5. The Hall–Kier alpha value is -3.39. The zero-order chi connectivity index (χ0) is 22.9. The van der Waals surface area contributed by atoms with E-state index >= 15 is 0 Å². The van der Waals surface area contributed by atoms with Gasteiger partial charge in [0.1, 0.15) is 11.6 Å². The van der Waals surface area contributed by atoms with Crippen molar-refractivity contribution < 1.29 is 4.79 Å². The first-order chi connectivity index (χ1) is 16.0. The van der Waals surface area contributed by atoms with Crippen LogP contribution >= 0.6 is 11.8 Å². The summed E-state index contributed by atoms with van der Waals surface area (Å²) in [7, 11) is 0. The molecule has 0 saturated heterocycles. The fraction of sp³-hybridized carbons (Fsp3) is 0.280. The molecule has 2 N–H and O–H groups in total. The van der Waals surface area contributed by atoms with Crippen LogP contribution in [0.25, 0.3) is 16.9 Å². The van der Waals surface area contributed by atoms with Gasteiger partial charge in [0.05, 0.1) is 17.1 Å². The maximum Gasteiger partial charge on any atom is 0.236 e. The highest BCUT2D eigenvalue weighted by atomic mass is 32.2. The molecular formula is C25H26N6OS. The quantitative estimate of drug-likeness (QED) is 0.372. The minimum atomic E-state index is -0.127. The molecule has 7 nitrogen and oxygen atoms in total. The molecule has 8 heteroatoms. The molecule has 5 rings (SSSR count). The smallest absolute Gasteiger partial charge is 0.236 e. The van der Waals surface area contributed by atoms with Gasteiger partial charge < -0.3 is 5.32 Å². The number of hydrogen-bond acceptors (Lipinski definition) is 5. The number of H-pyrrole nitrogens is 1. The maximum atomic E-state index is 12.8. The first kappa shape index (κ1) is 21.5. The normalized spacial score (nSPS) is 13.3. The minimum absolute atomic E-state index is 0.127. The minimum Gasteiger partial charge on any atom is -0.310 e. The second kappa shape index (κ2) is 8.86. The third-order valence-electron chi connectivity index (χ3n) is 5.87. The van der Waals surface area contributed by atoms with Crippen molar-refractivity contribution in [2.45, 2.75) is 44.7 Å². The van der Waals surface area contributed by atoms with Gasteiger partial charge in [0.25, 0.3) is 0 Å². The number of aromatic amines is 1. The van der Waals surface area contributed by atoms with Crippen LogP contribution in [0.4, 0.5) is 5.82 Å². The number of nitrogens with one attached hydrogen (secondary N) is 2. The summed E-state index contributed by atoms with van der Waals surface area (Å²) in [6, 6.07) is 16.1. The van der Waals surface area contributed by atoms with Gasteiger partial charge in [0.15, 0.2) is 0 Å². The standard InChI is InChI=1S/C25H26N6OS/c1-15-11-17(3)20(12-16(15)2)21-13-22(31(30-21)19-7-5-4-6-8-19)26-23(32)14-33-25-27-24(28-29-25)18-9-10-18/h4-8,11-13,18H,9-10,14H2,1-3H3,(H,26,32)(H,27,28,29). The second-order valence-electron chi connectivity index (χ2n) is 8.53. The van der Waals surface area contributed by atoms with Gasteiger partial charge in [-0.25, -0.2) is 9.67 Å². The van der Waals surface area contributed by atoms with Gasteiger partial charge in [-0.1, -0.05) is 36.0 Å². The van der Waals surface area contributed by atoms with E-state index in [2.05, 4.69) is 53.4 Å². The second-order valence-corrected chi connectivity index (χ2v) is 9.47. The lowest BCUT2D eigenvalue weighted by molar-refractivity contribution is -0.113. The molecule has 0 atom stereocenters. The van der Waals surface area contributed by atoms with Crippen molar-refractivity contribution in [2.24, 2.45) is 0 Å². The van der Waals surface area contributed by atoms with Crippen molar-refractivity contribution in [3.63, 3.8) is 0 Å². The van der Waals surface area contributed by atoms with Gasteiger partial charge in [-0.15, -0.1) is 5.10 Å². The van der Waals surface area contributed by atoms with Crippen LogP contribution in [0.1, 0.15) is 41.3 Å². The van der Waals surface area contributed by atoms with Gasteiger partial charge >= 0.3 is 0 Å². The first-order valence-electron chi connectivity index (χ1n) is 11.1. The van der Waals surface area contributed by atoms with Crippen molar-refractivity contribution in [3.05, 3.63) is 71.0 Å². The molecule has 0 bridgehead atoms. The molecule has 0 aliphatic heterocycles. The molecule has 1 fully saturated rings. The first-order valence-corrected chi connectivity index (χ1v) is 12.0. The Morgan fingerprint density at radius 3 is 2.61 bits per heavy atom. The average molecular weight is 459 g/mol. The number of nitrogens with zero attached hydrogens (tertiary/aromatic N) is 4.